The number of halogens is 1. The highest BCUT2D eigenvalue weighted by Crippen LogP contribution is 2.33. The van der Waals surface area contributed by atoms with Crippen LogP contribution in [0.15, 0.2) is 48.8 Å². The Balaban J connectivity index is 1.23. The Hall–Kier alpha value is -4.09. The monoisotopic (exact) mass is 533 g/mol. The van der Waals surface area contributed by atoms with Gasteiger partial charge in [0.1, 0.15) is 24.6 Å². The van der Waals surface area contributed by atoms with Crippen molar-refractivity contribution >= 4 is 29.1 Å². The van der Waals surface area contributed by atoms with Crippen molar-refractivity contribution in [2.75, 3.05) is 55.3 Å². The largest absolute Gasteiger partial charge is 0.439 e. The van der Waals surface area contributed by atoms with Crippen molar-refractivity contribution in [1.29, 1.82) is 0 Å². The molecule has 0 saturated carbocycles. The van der Waals surface area contributed by atoms with E-state index in [1.807, 2.05) is 24.3 Å². The number of hydrogen-bond acceptors (Lipinski definition) is 7. The zero-order valence-corrected chi connectivity index (χ0v) is 22.1. The molecule has 1 saturated heterocycles. The SMILES string of the molecule is CC(=O)Nc1cc(Oc2ccc3c(c2)CCN3C(=O)Nc2ccc(CN3CCN(C)CC3)c(CF)c2)ncn1. The molecule has 0 unspecified atom stereocenters. The standard InChI is InChI=1S/C28H32FN7O3/c1-19(37)32-26-15-27(31-18-30-26)39-24-5-6-25-20(14-24)7-8-36(25)28(38)33-23-4-3-21(22(13-23)16-29)17-35-11-9-34(2)10-12-35/h3-6,13-15,18H,7-12,16-17H2,1-2H3,(H,33,38)(H,30,31,32,37). The molecule has 11 heteroatoms. The Labute approximate surface area is 226 Å². The van der Waals surface area contributed by atoms with Crippen LogP contribution in [0.4, 0.5) is 26.4 Å². The summed E-state index contributed by atoms with van der Waals surface area (Å²) < 4.78 is 19.8. The quantitative estimate of drug-likeness (QED) is 0.473. The van der Waals surface area contributed by atoms with Crippen molar-refractivity contribution in [3.05, 3.63) is 65.5 Å². The molecule has 0 spiro atoms. The van der Waals surface area contributed by atoms with E-state index in [4.69, 9.17) is 4.74 Å². The summed E-state index contributed by atoms with van der Waals surface area (Å²) >= 11 is 0. The van der Waals surface area contributed by atoms with Crippen molar-refractivity contribution in [3.63, 3.8) is 0 Å². The molecule has 2 aromatic carbocycles. The van der Waals surface area contributed by atoms with Gasteiger partial charge in [-0.1, -0.05) is 6.07 Å². The van der Waals surface area contributed by atoms with Gasteiger partial charge in [0.2, 0.25) is 11.8 Å². The molecule has 3 heterocycles. The van der Waals surface area contributed by atoms with Crippen LogP contribution in [0.3, 0.4) is 0 Å². The van der Waals surface area contributed by atoms with Crippen LogP contribution in [0, 0.1) is 0 Å². The number of carbonyl (C=O) groups is 2. The number of nitrogens with zero attached hydrogens (tertiary/aromatic N) is 5. The van der Waals surface area contributed by atoms with Crippen molar-refractivity contribution in [1.82, 2.24) is 19.8 Å². The highest BCUT2D eigenvalue weighted by Gasteiger charge is 2.26. The normalized spacial score (nSPS) is 15.6. The maximum Gasteiger partial charge on any atom is 0.326 e. The summed E-state index contributed by atoms with van der Waals surface area (Å²) in [5, 5.41) is 5.52. The summed E-state index contributed by atoms with van der Waals surface area (Å²) in [5.41, 5.74) is 3.88. The smallest absolute Gasteiger partial charge is 0.326 e. The Bertz CT molecular complexity index is 1360. The number of alkyl halides is 1. The van der Waals surface area contributed by atoms with Crippen LogP contribution in [-0.2, 0) is 24.4 Å². The highest BCUT2D eigenvalue weighted by atomic mass is 19.1. The van der Waals surface area contributed by atoms with Gasteiger partial charge in [-0.05, 0) is 60.5 Å². The minimum absolute atomic E-state index is 0.238. The number of likely N-dealkylation sites (N-methyl/N-ethyl adjacent to an activating group) is 1. The fourth-order valence-electron chi connectivity index (χ4n) is 4.84. The number of carbonyl (C=O) groups excluding carboxylic acids is 2. The summed E-state index contributed by atoms with van der Waals surface area (Å²) in [4.78, 5) is 38.8. The second-order valence-electron chi connectivity index (χ2n) is 9.84. The van der Waals surface area contributed by atoms with E-state index in [-0.39, 0.29) is 11.9 Å². The van der Waals surface area contributed by atoms with Gasteiger partial charge in [0, 0.05) is 63.6 Å². The van der Waals surface area contributed by atoms with Crippen LogP contribution < -0.4 is 20.3 Å². The Morgan fingerprint density at radius 1 is 0.974 bits per heavy atom. The lowest BCUT2D eigenvalue weighted by Crippen LogP contribution is -2.44. The second kappa shape index (κ2) is 11.7. The first-order chi connectivity index (χ1) is 18.9. The number of urea groups is 1. The molecule has 2 aliphatic heterocycles. The number of ether oxygens (including phenoxy) is 1. The molecular formula is C28H32FN7O3. The number of nitrogens with one attached hydrogen (secondary N) is 2. The molecule has 0 radical (unpaired) electrons. The Morgan fingerprint density at radius 2 is 1.79 bits per heavy atom. The van der Waals surface area contributed by atoms with E-state index in [9.17, 15) is 14.0 Å². The first-order valence-electron chi connectivity index (χ1n) is 13.0. The molecule has 0 aliphatic carbocycles. The van der Waals surface area contributed by atoms with Crippen LogP contribution in [0.25, 0.3) is 0 Å². The van der Waals surface area contributed by atoms with Gasteiger partial charge < -0.3 is 20.3 Å². The molecule has 0 bridgehead atoms. The first-order valence-corrected chi connectivity index (χ1v) is 13.0. The molecule has 39 heavy (non-hydrogen) atoms. The summed E-state index contributed by atoms with van der Waals surface area (Å²) in [7, 11) is 2.11. The Kier molecular flexibility index (Phi) is 7.99. The zero-order valence-electron chi connectivity index (χ0n) is 22.1. The van der Waals surface area contributed by atoms with Gasteiger partial charge in [0.25, 0.3) is 0 Å². The third-order valence-electron chi connectivity index (χ3n) is 6.95. The number of amides is 3. The first kappa shape index (κ1) is 26.5. The van der Waals surface area contributed by atoms with Crippen molar-refractivity contribution in [2.24, 2.45) is 0 Å². The van der Waals surface area contributed by atoms with Gasteiger partial charge >= 0.3 is 6.03 Å². The van der Waals surface area contributed by atoms with Gasteiger partial charge in [-0.2, -0.15) is 0 Å². The predicted molar refractivity (Wildman–Crippen MR) is 147 cm³/mol. The van der Waals surface area contributed by atoms with E-state index in [1.165, 1.54) is 19.3 Å². The maximum absolute atomic E-state index is 13.9. The molecular weight excluding hydrogens is 501 g/mol. The van der Waals surface area contributed by atoms with Gasteiger partial charge in [0.15, 0.2) is 0 Å². The molecule has 3 amide bonds. The third-order valence-corrected chi connectivity index (χ3v) is 6.95. The Morgan fingerprint density at radius 3 is 2.56 bits per heavy atom. The second-order valence-corrected chi connectivity index (χ2v) is 9.84. The van der Waals surface area contributed by atoms with Crippen molar-refractivity contribution in [3.8, 4) is 11.6 Å². The van der Waals surface area contributed by atoms with Crippen molar-refractivity contribution in [2.45, 2.75) is 26.6 Å². The van der Waals surface area contributed by atoms with E-state index in [0.29, 0.717) is 48.2 Å². The number of anilines is 3. The zero-order chi connectivity index (χ0) is 27.4. The van der Waals surface area contributed by atoms with E-state index >= 15 is 0 Å². The molecule has 2 aliphatic rings. The molecule has 1 fully saturated rings. The fraction of sp³-hybridized carbons (Fsp3) is 0.357. The summed E-state index contributed by atoms with van der Waals surface area (Å²) in [6.07, 6.45) is 1.98. The van der Waals surface area contributed by atoms with E-state index in [1.54, 1.807) is 17.0 Å². The molecule has 0 atom stereocenters. The van der Waals surface area contributed by atoms with Gasteiger partial charge in [-0.3, -0.25) is 14.6 Å². The van der Waals surface area contributed by atoms with Crippen LogP contribution >= 0.6 is 0 Å². The molecule has 10 nitrogen and oxygen atoms in total. The molecule has 1 aromatic heterocycles. The number of aromatic nitrogens is 2. The molecule has 3 aromatic rings. The summed E-state index contributed by atoms with van der Waals surface area (Å²) in [6.45, 7) is 5.96. The third kappa shape index (κ3) is 6.50. The summed E-state index contributed by atoms with van der Waals surface area (Å²) in [5.74, 6) is 0.964. The lowest BCUT2D eigenvalue weighted by atomic mass is 10.1. The number of hydrogen-bond donors (Lipinski definition) is 2. The van der Waals surface area contributed by atoms with Crippen molar-refractivity contribution < 1.29 is 18.7 Å². The highest BCUT2D eigenvalue weighted by molar-refractivity contribution is 6.03. The van der Waals surface area contributed by atoms with Crippen LogP contribution in [0.2, 0.25) is 0 Å². The number of fused-ring (bicyclic) bond motifs is 1. The van der Waals surface area contributed by atoms with E-state index in [0.717, 1.165) is 43.0 Å². The lowest BCUT2D eigenvalue weighted by molar-refractivity contribution is -0.114. The number of piperazine rings is 1. The number of benzene rings is 2. The predicted octanol–water partition coefficient (Wildman–Crippen LogP) is 4.04. The topological polar surface area (TPSA) is 103 Å². The molecule has 204 valence electrons. The maximum atomic E-state index is 13.9. The summed E-state index contributed by atoms with van der Waals surface area (Å²) in [6, 6.07) is 12.2. The average molecular weight is 534 g/mol. The molecule has 5 rings (SSSR count). The number of rotatable bonds is 7. The van der Waals surface area contributed by atoms with Gasteiger partial charge in [0.05, 0.1) is 0 Å². The van der Waals surface area contributed by atoms with Gasteiger partial charge in [-0.15, -0.1) is 0 Å². The fourth-order valence-corrected chi connectivity index (χ4v) is 4.84. The van der Waals surface area contributed by atoms with Crippen LogP contribution in [-0.4, -0.2) is 71.5 Å². The average Bonchev–Trinajstić information content (AvgIpc) is 3.34. The van der Waals surface area contributed by atoms with Crippen LogP contribution in [0.5, 0.6) is 11.6 Å². The van der Waals surface area contributed by atoms with Gasteiger partial charge in [-0.25, -0.2) is 19.2 Å². The minimum Gasteiger partial charge on any atom is -0.439 e. The van der Waals surface area contributed by atoms with E-state index in [2.05, 4.69) is 37.4 Å². The van der Waals surface area contributed by atoms with E-state index < -0.39 is 6.67 Å². The molecule has 2 N–H and O–H groups in total. The lowest BCUT2D eigenvalue weighted by Gasteiger charge is -2.32. The minimum atomic E-state index is -0.583. The van der Waals surface area contributed by atoms with Crippen LogP contribution in [0.1, 0.15) is 23.6 Å².